The summed E-state index contributed by atoms with van der Waals surface area (Å²) in [5.41, 5.74) is 5.08. The number of aromatic nitrogens is 1. The molecule has 0 spiro atoms. The molecule has 2 amide bonds. The number of benzene rings is 2. The van der Waals surface area contributed by atoms with Gasteiger partial charge in [0.05, 0.1) is 22.8 Å². The Hall–Kier alpha value is -3.91. The zero-order valence-electron chi connectivity index (χ0n) is 94.6. The van der Waals surface area contributed by atoms with Crippen LogP contribution in [0.15, 0.2) is 108 Å². The number of furan rings is 1. The molecule has 4 aromatic rings. The molecular weight excluding hydrogens is 1570 g/mol. The summed E-state index contributed by atoms with van der Waals surface area (Å²) in [6, 6.07) is 30.9. The standard InChI is InChI=1S/C13H24N2O3S.C10H14.C9H18.C9H12.C9H20.C8H11N.C8H12O.C8H16.2C8H18.2C7H16.C6H14.C5H12.C4H10/c1-10(2)14-12(16)15-13(7-3-4-8-13)11-6-5-9-19(11,17)18;1-9(2)8-10-6-4-3-5-7-10;2*1-8(2)9-6-4-3-5-7-9;1-6-7-9(4,5)8(2)3;1-7(2)8-5-3-4-6-9-8;1-7(2)6-8-4-3-5-9-8;1-7(2)8-5-3-4-6-8;1-7(2)5-6-8(3)4;1-6-8(4,5)7(2)3;1-6(2)7(3,4)5;1-6(2)5-7(3)4;1-5(2)6(3)4;1-4-5(2)3;1-4(2)3/h10-11H,3-9H2,1-2H3,(H2,14,15,16);3-7,9H,8H2,1-2H3;8-9H,3-7H2,1-2H3;3-8H,1-2H3;8H,6-7H2,1-5H3;3-7H,1-2H3;3-5,7H,6H2,1-2H3;7-8H,3-6H2,1-2H3;7-8H,5-6H2,1-4H3;7H,6H2,1-5H3;6H,1-5H3;6-7H,5H2,1-4H3;5-6H,1-4H3;5H,4H2,1-3H3;4H,1-3H3. The van der Waals surface area contributed by atoms with Crippen molar-refractivity contribution in [2.24, 2.45) is 117 Å². The van der Waals surface area contributed by atoms with Crippen LogP contribution in [-0.2, 0) is 22.7 Å². The van der Waals surface area contributed by atoms with E-state index < -0.39 is 15.4 Å². The Morgan fingerprint density at radius 3 is 1.08 bits per heavy atom. The summed E-state index contributed by atoms with van der Waals surface area (Å²) in [7, 11) is -3.05. The Morgan fingerprint density at radius 1 is 0.449 bits per heavy atom. The van der Waals surface area contributed by atoms with Gasteiger partial charge in [0.25, 0.3) is 0 Å². The number of carbonyl (C=O) groups excluding carboxylic acids is 1. The van der Waals surface area contributed by atoms with E-state index in [1.165, 1.54) is 120 Å². The van der Waals surface area contributed by atoms with Crippen molar-refractivity contribution >= 4 is 15.9 Å². The summed E-state index contributed by atoms with van der Waals surface area (Å²) in [4.78, 5) is 16.1. The molecule has 127 heavy (non-hydrogen) atoms. The average molecular weight is 1800 g/mol. The first-order valence-electron chi connectivity index (χ1n) is 52.8. The van der Waals surface area contributed by atoms with E-state index in [1.807, 2.05) is 56.4 Å². The van der Waals surface area contributed by atoms with E-state index in [0.717, 1.165) is 145 Å². The molecule has 1 saturated heterocycles. The summed E-state index contributed by atoms with van der Waals surface area (Å²) in [5, 5.41) is 5.40. The fourth-order valence-corrected chi connectivity index (χ4v) is 15.7. The topological polar surface area (TPSA) is 101 Å². The Kier molecular flexibility index (Phi) is 85.2. The van der Waals surface area contributed by atoms with Crippen LogP contribution in [0.5, 0.6) is 0 Å². The predicted molar refractivity (Wildman–Crippen MR) is 579 cm³/mol. The number of hydrogen-bond donors (Lipinski definition) is 2. The monoisotopic (exact) mass is 1800 g/mol. The van der Waals surface area contributed by atoms with Crippen LogP contribution in [0.1, 0.15) is 501 Å². The summed E-state index contributed by atoms with van der Waals surface area (Å²) < 4.78 is 29.5. The van der Waals surface area contributed by atoms with Crippen molar-refractivity contribution in [3.05, 3.63) is 126 Å². The van der Waals surface area contributed by atoms with Crippen LogP contribution in [0.4, 0.5) is 4.79 Å². The maximum absolute atomic E-state index is 12.2. The van der Waals surface area contributed by atoms with Crippen LogP contribution in [0.2, 0.25) is 0 Å². The van der Waals surface area contributed by atoms with Crippen molar-refractivity contribution in [3.63, 3.8) is 0 Å². The number of nitrogens with zero attached hydrogens (tertiary/aromatic N) is 1. The molecule has 0 radical (unpaired) electrons. The van der Waals surface area contributed by atoms with Gasteiger partial charge < -0.3 is 15.1 Å². The van der Waals surface area contributed by atoms with E-state index in [1.54, 1.807) is 6.26 Å². The number of hydrogen-bond acceptors (Lipinski definition) is 5. The fraction of sp³-hybridized carbons (Fsp3) is 0.815. The van der Waals surface area contributed by atoms with E-state index in [-0.39, 0.29) is 23.1 Å². The van der Waals surface area contributed by atoms with Gasteiger partial charge in [0, 0.05) is 24.4 Å². The lowest BCUT2D eigenvalue weighted by atomic mass is 9.78. The number of rotatable bonds is 23. The Morgan fingerprint density at radius 2 is 0.850 bits per heavy atom. The van der Waals surface area contributed by atoms with Crippen LogP contribution in [0.3, 0.4) is 0 Å². The second kappa shape index (κ2) is 79.5. The van der Waals surface area contributed by atoms with Gasteiger partial charge >= 0.3 is 6.03 Å². The predicted octanol–water partition coefficient (Wildman–Crippen LogP) is 39.0. The lowest BCUT2D eigenvalue weighted by Crippen LogP contribution is -2.59. The molecule has 2 N–H and O–H groups in total. The molecule has 8 rings (SSSR count). The third kappa shape index (κ3) is 86.0. The van der Waals surface area contributed by atoms with Gasteiger partial charge in [-0.1, -0.05) is 481 Å². The van der Waals surface area contributed by atoms with Gasteiger partial charge in [-0.15, -0.1) is 0 Å². The van der Waals surface area contributed by atoms with Gasteiger partial charge in [0.15, 0.2) is 9.84 Å². The van der Waals surface area contributed by atoms with Crippen molar-refractivity contribution in [1.29, 1.82) is 0 Å². The molecule has 3 aliphatic carbocycles. The molecule has 8 heteroatoms. The zero-order chi connectivity index (χ0) is 100. The minimum atomic E-state index is -3.05. The zero-order valence-corrected chi connectivity index (χ0v) is 95.4. The quantitative estimate of drug-likeness (QED) is 0.0770. The molecule has 752 valence electrons. The Bertz CT molecular complexity index is 2960. The Labute approximate surface area is 800 Å². The van der Waals surface area contributed by atoms with Crippen molar-refractivity contribution in [3.8, 4) is 0 Å². The summed E-state index contributed by atoms with van der Waals surface area (Å²) in [6.45, 7) is 105. The van der Waals surface area contributed by atoms with E-state index in [2.05, 4.69) is 382 Å². The second-order valence-electron chi connectivity index (χ2n) is 47.1. The highest BCUT2D eigenvalue weighted by molar-refractivity contribution is 7.92. The molecule has 2 aromatic carbocycles. The molecule has 2 aromatic heterocycles. The lowest BCUT2D eigenvalue weighted by Gasteiger charge is -2.35. The third-order valence-corrected chi connectivity index (χ3v) is 28.1. The summed E-state index contributed by atoms with van der Waals surface area (Å²) >= 11 is 0. The highest BCUT2D eigenvalue weighted by Crippen LogP contribution is 2.41. The highest BCUT2D eigenvalue weighted by atomic mass is 32.2. The fourth-order valence-electron chi connectivity index (χ4n) is 13.3. The number of urea groups is 1. The van der Waals surface area contributed by atoms with Gasteiger partial charge in [0.1, 0.15) is 5.76 Å². The second-order valence-corrected chi connectivity index (χ2v) is 49.4. The van der Waals surface area contributed by atoms with Crippen LogP contribution >= 0.6 is 0 Å². The minimum Gasteiger partial charge on any atom is -0.469 e. The largest absolute Gasteiger partial charge is 0.469 e. The first-order valence-corrected chi connectivity index (χ1v) is 54.5. The van der Waals surface area contributed by atoms with Gasteiger partial charge in [0.2, 0.25) is 0 Å². The summed E-state index contributed by atoms with van der Waals surface area (Å²) in [6.07, 6.45) is 33.6. The van der Waals surface area contributed by atoms with Crippen LogP contribution in [-0.4, -0.2) is 42.0 Å². The van der Waals surface area contributed by atoms with E-state index in [4.69, 9.17) is 4.42 Å². The van der Waals surface area contributed by atoms with Gasteiger partial charge in [-0.2, -0.15) is 0 Å². The van der Waals surface area contributed by atoms with Gasteiger partial charge in [-0.25, -0.2) is 13.2 Å². The smallest absolute Gasteiger partial charge is 0.315 e. The van der Waals surface area contributed by atoms with Gasteiger partial charge in [-0.3, -0.25) is 4.98 Å². The molecule has 1 aliphatic heterocycles. The van der Waals surface area contributed by atoms with Crippen LogP contribution in [0.25, 0.3) is 0 Å². The lowest BCUT2D eigenvalue weighted by molar-refractivity contribution is 0.219. The minimum absolute atomic E-state index is 0.0543. The summed E-state index contributed by atoms with van der Waals surface area (Å²) in [5.74, 6) is 17.4. The first kappa shape index (κ1) is 136. The molecule has 1 atom stereocenters. The first-order chi connectivity index (χ1) is 58.5. The SMILES string of the molecule is CC(C)C.CC(C)C(C)(C)C.CC(C)C(C)C.CC(C)C1CCCC1.CC(C)C1CCCCC1.CC(C)CC(C)C.CC(C)CCC(C)C.CC(C)Cc1ccccc1.CC(C)Cc1ccco1.CC(C)NC(=O)NC1(C2CCCS2(=O)=O)CCCC1.CC(C)c1ccccc1.CC(C)c1ccccn1.CCC(C)(C)C(C)C.CCC(C)C.CCCC(C)(C)C(C)C. The number of nitrogens with one attached hydrogen (secondary N) is 2. The number of amides is 2. The maximum Gasteiger partial charge on any atom is 0.315 e. The van der Waals surface area contributed by atoms with E-state index in [9.17, 15) is 13.2 Å². The highest BCUT2D eigenvalue weighted by Gasteiger charge is 2.50. The van der Waals surface area contributed by atoms with E-state index in [0.29, 0.717) is 40.4 Å². The molecule has 3 saturated carbocycles. The average Bonchev–Trinajstić information content (AvgIpc) is 1.62. The normalized spacial score (nSPS) is 15.2. The Balaban J connectivity index is -0.000000246. The molecular formula is C119H231N3O4S. The number of sulfone groups is 1. The molecule has 4 aliphatic rings. The number of pyridine rings is 1. The van der Waals surface area contributed by atoms with Crippen LogP contribution < -0.4 is 10.6 Å². The number of carbonyl (C=O) groups is 1. The van der Waals surface area contributed by atoms with Crippen molar-refractivity contribution in [2.75, 3.05) is 5.75 Å². The van der Waals surface area contributed by atoms with Crippen LogP contribution in [0, 0.1) is 117 Å². The molecule has 3 heterocycles. The maximum atomic E-state index is 12.2. The third-order valence-electron chi connectivity index (χ3n) is 25.7. The van der Waals surface area contributed by atoms with Crippen molar-refractivity contribution in [2.45, 2.75) is 508 Å². The van der Waals surface area contributed by atoms with Crippen molar-refractivity contribution < 1.29 is 17.6 Å². The molecule has 4 fully saturated rings. The molecule has 1 unspecified atom stereocenters. The molecule has 7 nitrogen and oxygen atoms in total. The van der Waals surface area contributed by atoms with Crippen molar-refractivity contribution in [1.82, 2.24) is 15.6 Å². The van der Waals surface area contributed by atoms with E-state index >= 15 is 0 Å². The molecule has 0 bridgehead atoms. The van der Waals surface area contributed by atoms with Gasteiger partial charge in [-0.05, 0) is 223 Å².